The Balaban J connectivity index is 1.58. The molecule has 3 amide bonds. The number of hydrogen-bond acceptors (Lipinski definition) is 4. The van der Waals surface area contributed by atoms with E-state index in [1.807, 2.05) is 6.92 Å². The monoisotopic (exact) mass is 487 g/mol. The van der Waals surface area contributed by atoms with Crippen LogP contribution in [-0.4, -0.2) is 65.5 Å². The van der Waals surface area contributed by atoms with Gasteiger partial charge in [0.2, 0.25) is 5.91 Å². The number of ether oxygens (including phenoxy) is 1. The molecule has 0 aliphatic carbocycles. The van der Waals surface area contributed by atoms with Gasteiger partial charge in [0.25, 0.3) is 11.8 Å². The first-order valence-corrected chi connectivity index (χ1v) is 11.8. The number of nitrogens with zero attached hydrogens (tertiary/aromatic N) is 2. The number of amides is 3. The van der Waals surface area contributed by atoms with Crippen molar-refractivity contribution < 1.29 is 23.5 Å². The second kappa shape index (κ2) is 10.1. The van der Waals surface area contributed by atoms with Crippen LogP contribution in [0.4, 0.5) is 4.39 Å². The Hall–Kier alpha value is -2.97. The van der Waals surface area contributed by atoms with Gasteiger partial charge in [-0.05, 0) is 36.8 Å². The van der Waals surface area contributed by atoms with Crippen molar-refractivity contribution in [2.75, 3.05) is 26.2 Å². The molecule has 9 heteroatoms. The van der Waals surface area contributed by atoms with Crippen LogP contribution in [0.5, 0.6) is 0 Å². The van der Waals surface area contributed by atoms with E-state index in [2.05, 4.69) is 5.32 Å². The van der Waals surface area contributed by atoms with Gasteiger partial charge in [0.1, 0.15) is 17.6 Å². The molecular weight excluding hydrogens is 461 g/mol. The third kappa shape index (κ3) is 4.65. The maximum Gasteiger partial charge on any atom is 0.256 e. The minimum Gasteiger partial charge on any atom is -0.354 e. The number of carbonyl (C=O) groups excluding carboxylic acids is 3. The number of nitrogens with one attached hydrogen (secondary N) is 1. The van der Waals surface area contributed by atoms with E-state index in [0.29, 0.717) is 43.1 Å². The molecular formula is C25H27ClFN3O4. The molecule has 1 atom stereocenters. The summed E-state index contributed by atoms with van der Waals surface area (Å²) in [5.41, 5.74) is -0.501. The average molecular weight is 488 g/mol. The van der Waals surface area contributed by atoms with E-state index in [4.69, 9.17) is 16.3 Å². The fourth-order valence-electron chi connectivity index (χ4n) is 4.56. The van der Waals surface area contributed by atoms with Gasteiger partial charge in [-0.25, -0.2) is 4.39 Å². The molecule has 0 bridgehead atoms. The van der Waals surface area contributed by atoms with Crippen LogP contribution in [0.2, 0.25) is 5.02 Å². The van der Waals surface area contributed by atoms with E-state index < -0.39 is 23.5 Å². The van der Waals surface area contributed by atoms with Crippen molar-refractivity contribution in [1.29, 1.82) is 0 Å². The fraction of sp³-hybridized carbons (Fsp3) is 0.400. The molecule has 2 fully saturated rings. The Morgan fingerprint density at radius 3 is 2.53 bits per heavy atom. The fourth-order valence-corrected chi connectivity index (χ4v) is 4.77. The number of carbonyl (C=O) groups is 3. The Morgan fingerprint density at radius 1 is 1.12 bits per heavy atom. The largest absolute Gasteiger partial charge is 0.354 e. The lowest BCUT2D eigenvalue weighted by atomic mass is 9.96. The van der Waals surface area contributed by atoms with Crippen molar-refractivity contribution in [3.63, 3.8) is 0 Å². The van der Waals surface area contributed by atoms with Gasteiger partial charge in [0, 0.05) is 38.0 Å². The maximum absolute atomic E-state index is 13.9. The first-order valence-electron chi connectivity index (χ1n) is 11.4. The number of hydrogen-bond donors (Lipinski definition) is 1. The highest BCUT2D eigenvalue weighted by Gasteiger charge is 2.54. The summed E-state index contributed by atoms with van der Waals surface area (Å²) in [6.07, 6.45) is 1.39. The molecule has 1 spiro atoms. The van der Waals surface area contributed by atoms with E-state index in [1.54, 1.807) is 29.2 Å². The summed E-state index contributed by atoms with van der Waals surface area (Å²) in [5.74, 6) is -1.51. The zero-order chi connectivity index (χ0) is 24.3. The van der Waals surface area contributed by atoms with E-state index in [9.17, 15) is 18.8 Å². The lowest BCUT2D eigenvalue weighted by Crippen LogP contribution is -2.59. The average Bonchev–Trinajstić information content (AvgIpc) is 3.21. The molecule has 2 heterocycles. The number of piperidine rings is 1. The normalized spacial score (nSPS) is 19.3. The van der Waals surface area contributed by atoms with E-state index in [0.717, 1.165) is 12.5 Å². The number of likely N-dealkylation sites (tertiary alicyclic amines) is 1. The van der Waals surface area contributed by atoms with Gasteiger partial charge in [-0.15, -0.1) is 0 Å². The Kier molecular flexibility index (Phi) is 7.19. The molecule has 2 aromatic rings. The molecule has 180 valence electrons. The van der Waals surface area contributed by atoms with Crippen molar-refractivity contribution in [2.45, 2.75) is 38.0 Å². The standard InChI is InChI=1S/C25H27ClFN3O4/c1-2-12-28-22(31)21-16-34-25(30(21)23(32)17-6-5-7-18(27)15-17)10-13-29(14-11-25)24(33)19-8-3-4-9-20(19)26/h3-9,15,21H,2,10-14,16H2,1H3,(H,28,31)/t21-/m1/s1. The Morgan fingerprint density at radius 2 is 1.85 bits per heavy atom. The van der Waals surface area contributed by atoms with Gasteiger partial charge in [-0.2, -0.15) is 0 Å². The Bertz CT molecular complexity index is 1090. The lowest BCUT2D eigenvalue weighted by Gasteiger charge is -2.44. The number of halogens is 2. The quantitative estimate of drug-likeness (QED) is 0.700. The van der Waals surface area contributed by atoms with Gasteiger partial charge in [-0.1, -0.05) is 36.7 Å². The van der Waals surface area contributed by atoms with Crippen LogP contribution in [0.3, 0.4) is 0 Å². The van der Waals surface area contributed by atoms with Gasteiger partial charge in [-0.3, -0.25) is 19.3 Å². The van der Waals surface area contributed by atoms with Crippen LogP contribution >= 0.6 is 11.6 Å². The molecule has 2 aliphatic heterocycles. The third-order valence-electron chi connectivity index (χ3n) is 6.34. The van der Waals surface area contributed by atoms with Gasteiger partial charge in [0.15, 0.2) is 0 Å². The first kappa shape index (κ1) is 24.2. The van der Waals surface area contributed by atoms with Crippen molar-refractivity contribution in [2.24, 2.45) is 0 Å². The molecule has 0 aromatic heterocycles. The van der Waals surface area contributed by atoms with Crippen LogP contribution < -0.4 is 5.32 Å². The second-order valence-corrected chi connectivity index (χ2v) is 8.93. The van der Waals surface area contributed by atoms with Crippen molar-refractivity contribution in [3.8, 4) is 0 Å². The van der Waals surface area contributed by atoms with Gasteiger partial charge < -0.3 is 15.0 Å². The smallest absolute Gasteiger partial charge is 0.256 e. The van der Waals surface area contributed by atoms with E-state index >= 15 is 0 Å². The Labute approximate surface area is 202 Å². The van der Waals surface area contributed by atoms with Crippen LogP contribution in [0, 0.1) is 5.82 Å². The molecule has 0 unspecified atom stereocenters. The summed E-state index contributed by atoms with van der Waals surface area (Å²) in [4.78, 5) is 42.6. The highest BCUT2D eigenvalue weighted by Crippen LogP contribution is 2.39. The predicted molar refractivity (Wildman–Crippen MR) is 125 cm³/mol. The molecule has 2 aliphatic rings. The molecule has 0 saturated carbocycles. The molecule has 2 aromatic carbocycles. The summed E-state index contributed by atoms with van der Waals surface area (Å²) >= 11 is 6.20. The third-order valence-corrected chi connectivity index (χ3v) is 6.67. The van der Waals surface area contributed by atoms with E-state index in [1.165, 1.54) is 23.1 Å². The molecule has 0 radical (unpaired) electrons. The van der Waals surface area contributed by atoms with Gasteiger partial charge >= 0.3 is 0 Å². The number of benzene rings is 2. The highest BCUT2D eigenvalue weighted by molar-refractivity contribution is 6.33. The summed E-state index contributed by atoms with van der Waals surface area (Å²) in [6, 6.07) is 11.4. The maximum atomic E-state index is 13.9. The molecule has 34 heavy (non-hydrogen) atoms. The SMILES string of the molecule is CCCNC(=O)[C@H]1COC2(CCN(C(=O)c3ccccc3Cl)CC2)N1C(=O)c1cccc(F)c1. The summed E-state index contributed by atoms with van der Waals surface area (Å²) in [6.45, 7) is 3.09. The number of rotatable bonds is 5. The molecule has 7 nitrogen and oxygen atoms in total. The van der Waals surface area contributed by atoms with Crippen LogP contribution in [-0.2, 0) is 9.53 Å². The van der Waals surface area contributed by atoms with Crippen molar-refractivity contribution >= 4 is 29.3 Å². The van der Waals surface area contributed by atoms with Crippen molar-refractivity contribution in [3.05, 3.63) is 70.5 Å². The van der Waals surface area contributed by atoms with Crippen LogP contribution in [0.1, 0.15) is 46.9 Å². The zero-order valence-electron chi connectivity index (χ0n) is 18.9. The summed E-state index contributed by atoms with van der Waals surface area (Å²) < 4.78 is 20.0. The van der Waals surface area contributed by atoms with Crippen LogP contribution in [0.25, 0.3) is 0 Å². The zero-order valence-corrected chi connectivity index (χ0v) is 19.7. The van der Waals surface area contributed by atoms with Crippen LogP contribution in [0.15, 0.2) is 48.5 Å². The second-order valence-electron chi connectivity index (χ2n) is 8.52. The van der Waals surface area contributed by atoms with Crippen molar-refractivity contribution in [1.82, 2.24) is 15.1 Å². The minimum absolute atomic E-state index is 0.0368. The topological polar surface area (TPSA) is 79.0 Å². The van der Waals surface area contributed by atoms with Gasteiger partial charge in [0.05, 0.1) is 17.2 Å². The first-order chi connectivity index (χ1) is 16.4. The highest BCUT2D eigenvalue weighted by atomic mass is 35.5. The predicted octanol–water partition coefficient (Wildman–Crippen LogP) is 3.48. The minimum atomic E-state index is -1.06. The summed E-state index contributed by atoms with van der Waals surface area (Å²) in [5, 5.41) is 3.21. The molecule has 4 rings (SSSR count). The summed E-state index contributed by atoms with van der Waals surface area (Å²) in [7, 11) is 0. The lowest BCUT2D eigenvalue weighted by molar-refractivity contribution is -0.128. The molecule has 1 N–H and O–H groups in total. The van der Waals surface area contributed by atoms with E-state index in [-0.39, 0.29) is 24.0 Å². The molecule has 2 saturated heterocycles.